The van der Waals surface area contributed by atoms with Gasteiger partial charge in [-0.05, 0) is 39.2 Å². The summed E-state index contributed by atoms with van der Waals surface area (Å²) in [7, 11) is 0. The largest absolute Gasteiger partial charge is 0.363 e. The first-order chi connectivity index (χ1) is 9.89. The molecule has 0 amide bonds. The highest BCUT2D eigenvalue weighted by molar-refractivity contribution is 9.09. The minimum absolute atomic E-state index is 0.0816. The third-order valence-electron chi connectivity index (χ3n) is 3.41. The van der Waals surface area contributed by atoms with Crippen LogP contribution in [0.3, 0.4) is 0 Å². The van der Waals surface area contributed by atoms with E-state index >= 15 is 0 Å². The molecule has 0 fully saturated rings. The summed E-state index contributed by atoms with van der Waals surface area (Å²) in [6.07, 6.45) is 6.97. The molecule has 0 aliphatic rings. The van der Waals surface area contributed by atoms with Crippen molar-refractivity contribution in [3.63, 3.8) is 0 Å². The first-order valence-electron chi connectivity index (χ1n) is 7.16. The topological polar surface area (TPSA) is 26.3 Å². The van der Waals surface area contributed by atoms with Crippen LogP contribution in [0.2, 0.25) is 0 Å². The zero-order valence-electron chi connectivity index (χ0n) is 13.0. The van der Waals surface area contributed by atoms with Crippen LogP contribution in [0.25, 0.3) is 0 Å². The Bertz CT molecular complexity index is 514. The summed E-state index contributed by atoms with van der Waals surface area (Å²) in [4.78, 5) is 12.2. The molecule has 1 atom stereocenters. The quantitative estimate of drug-likeness (QED) is 0.398. The van der Waals surface area contributed by atoms with Crippen LogP contribution in [0.5, 0.6) is 0 Å². The van der Waals surface area contributed by atoms with E-state index in [9.17, 15) is 4.79 Å². The molecular weight excluding hydrogens is 328 g/mol. The highest BCUT2D eigenvalue weighted by atomic mass is 79.9. The van der Waals surface area contributed by atoms with Crippen LogP contribution in [-0.4, -0.2) is 23.3 Å². The Morgan fingerprint density at radius 3 is 2.76 bits per heavy atom. The first kappa shape index (κ1) is 17.9. The average molecular weight is 351 g/mol. The molecule has 0 bridgehead atoms. The maximum atomic E-state index is 12.2. The van der Waals surface area contributed by atoms with E-state index in [1.165, 1.54) is 5.56 Å². The van der Waals surface area contributed by atoms with E-state index in [1.54, 1.807) is 0 Å². The van der Waals surface area contributed by atoms with Crippen molar-refractivity contribution in [3.05, 3.63) is 35.4 Å². The summed E-state index contributed by atoms with van der Waals surface area (Å²) >= 11 is 3.28. The summed E-state index contributed by atoms with van der Waals surface area (Å²) in [5.41, 5.74) is 1.71. The number of ketones is 1. The molecule has 1 unspecified atom stereocenters. The van der Waals surface area contributed by atoms with E-state index in [-0.39, 0.29) is 11.7 Å². The Morgan fingerprint density at radius 1 is 1.48 bits per heavy atom. The summed E-state index contributed by atoms with van der Waals surface area (Å²) in [5.74, 6) is 2.73. The molecular formula is C18H23BrO2. The number of hydrogen-bond acceptors (Lipinski definition) is 2. The lowest BCUT2D eigenvalue weighted by Gasteiger charge is -2.20. The number of terminal acetylenes is 1. The van der Waals surface area contributed by atoms with Gasteiger partial charge in [-0.1, -0.05) is 51.7 Å². The number of aryl methyl sites for hydroxylation is 1. The Kier molecular flexibility index (Phi) is 7.14. The van der Waals surface area contributed by atoms with Gasteiger partial charge < -0.3 is 4.74 Å². The predicted molar refractivity (Wildman–Crippen MR) is 90.8 cm³/mol. The average Bonchev–Trinajstić information content (AvgIpc) is 2.46. The number of carbonyl (C=O) groups is 1. The molecule has 2 nitrogen and oxygen atoms in total. The van der Waals surface area contributed by atoms with Crippen LogP contribution in [0.4, 0.5) is 0 Å². The number of carbonyl (C=O) groups excluding carboxylic acids is 1. The fourth-order valence-corrected chi connectivity index (χ4v) is 2.54. The highest BCUT2D eigenvalue weighted by Gasteiger charge is 2.20. The maximum absolute atomic E-state index is 12.2. The van der Waals surface area contributed by atoms with Crippen LogP contribution in [0.1, 0.15) is 43.7 Å². The number of rotatable bonds is 8. The van der Waals surface area contributed by atoms with Gasteiger partial charge in [0.2, 0.25) is 0 Å². The highest BCUT2D eigenvalue weighted by Crippen LogP contribution is 2.24. The van der Waals surface area contributed by atoms with Crippen molar-refractivity contribution in [2.24, 2.45) is 0 Å². The molecule has 0 saturated heterocycles. The standard InChI is InChI=1S/C18H23BrO2/c1-5-18(3,4)21-11-7-10-16(17(20)13-19)15-9-6-8-14(2)12-15/h1,6,8-9,12,16H,7,10-11,13H2,2-4H3. The molecule has 0 N–H and O–H groups in total. The molecule has 21 heavy (non-hydrogen) atoms. The van der Waals surface area contributed by atoms with Gasteiger partial charge in [-0.2, -0.15) is 0 Å². The fraction of sp³-hybridized carbons (Fsp3) is 0.500. The molecule has 1 aromatic rings. The third kappa shape index (κ3) is 6.03. The number of Topliss-reactive ketones (excluding diaryl/α,β-unsaturated/α-hetero) is 1. The molecule has 0 spiro atoms. The molecule has 3 heteroatoms. The zero-order chi connectivity index (χ0) is 15.9. The van der Waals surface area contributed by atoms with Crippen molar-refractivity contribution >= 4 is 21.7 Å². The molecule has 1 rings (SSSR count). The van der Waals surface area contributed by atoms with Gasteiger partial charge in [0.05, 0.1) is 5.33 Å². The Hall–Kier alpha value is -1.11. The van der Waals surface area contributed by atoms with Gasteiger partial charge in [-0.3, -0.25) is 4.79 Å². The lowest BCUT2D eigenvalue weighted by molar-refractivity contribution is -0.118. The predicted octanol–water partition coefficient (Wildman–Crippen LogP) is 4.25. The second-order valence-electron chi connectivity index (χ2n) is 5.71. The van der Waals surface area contributed by atoms with Gasteiger partial charge in [-0.25, -0.2) is 0 Å². The number of benzene rings is 1. The Morgan fingerprint density at radius 2 is 2.19 bits per heavy atom. The molecule has 0 radical (unpaired) electrons. The number of hydrogen-bond donors (Lipinski definition) is 0. The normalized spacial score (nSPS) is 12.7. The maximum Gasteiger partial charge on any atom is 0.150 e. The zero-order valence-corrected chi connectivity index (χ0v) is 14.6. The SMILES string of the molecule is C#CC(C)(C)OCCCC(C(=O)CBr)c1cccc(C)c1. The minimum atomic E-state index is -0.543. The molecule has 114 valence electrons. The van der Waals surface area contributed by atoms with Crippen molar-refractivity contribution in [2.45, 2.75) is 45.1 Å². The smallest absolute Gasteiger partial charge is 0.150 e. The second kappa shape index (κ2) is 8.36. The molecule has 1 aromatic carbocycles. The van der Waals surface area contributed by atoms with Gasteiger partial charge in [0.25, 0.3) is 0 Å². The molecule has 0 heterocycles. The number of ether oxygens (including phenoxy) is 1. The number of halogens is 1. The van der Waals surface area contributed by atoms with E-state index in [0.29, 0.717) is 11.9 Å². The van der Waals surface area contributed by atoms with Crippen LogP contribution in [-0.2, 0) is 9.53 Å². The van der Waals surface area contributed by atoms with Gasteiger partial charge in [0.1, 0.15) is 5.60 Å². The fourth-order valence-electron chi connectivity index (χ4n) is 2.15. The molecule has 0 saturated carbocycles. The molecule has 0 aliphatic heterocycles. The van der Waals surface area contributed by atoms with Gasteiger partial charge >= 0.3 is 0 Å². The summed E-state index contributed by atoms with van der Waals surface area (Å²) < 4.78 is 5.64. The summed E-state index contributed by atoms with van der Waals surface area (Å²) in [6, 6.07) is 8.14. The van der Waals surface area contributed by atoms with Gasteiger partial charge in [0.15, 0.2) is 5.78 Å². The van der Waals surface area contributed by atoms with Crippen molar-refractivity contribution in [1.29, 1.82) is 0 Å². The number of alkyl halides is 1. The van der Waals surface area contributed by atoms with E-state index in [0.717, 1.165) is 18.4 Å². The monoisotopic (exact) mass is 350 g/mol. The minimum Gasteiger partial charge on any atom is -0.363 e. The van der Waals surface area contributed by atoms with Crippen LogP contribution >= 0.6 is 15.9 Å². The van der Waals surface area contributed by atoms with E-state index in [4.69, 9.17) is 11.2 Å². The van der Waals surface area contributed by atoms with Crippen molar-refractivity contribution in [1.82, 2.24) is 0 Å². The first-order valence-corrected chi connectivity index (χ1v) is 8.28. The van der Waals surface area contributed by atoms with Crippen LogP contribution < -0.4 is 0 Å². The summed E-state index contributed by atoms with van der Waals surface area (Å²) in [5, 5.41) is 0.377. The third-order valence-corrected chi connectivity index (χ3v) is 3.97. The molecule has 0 aromatic heterocycles. The summed E-state index contributed by atoms with van der Waals surface area (Å²) in [6.45, 7) is 6.34. The lowest BCUT2D eigenvalue weighted by atomic mass is 9.90. The van der Waals surface area contributed by atoms with Gasteiger partial charge in [0, 0.05) is 12.5 Å². The van der Waals surface area contributed by atoms with Crippen molar-refractivity contribution < 1.29 is 9.53 Å². The molecule has 0 aliphatic carbocycles. The Balaban J connectivity index is 2.65. The van der Waals surface area contributed by atoms with Crippen molar-refractivity contribution in [3.8, 4) is 12.3 Å². The lowest BCUT2D eigenvalue weighted by Crippen LogP contribution is -2.23. The Labute approximate surface area is 136 Å². The van der Waals surface area contributed by atoms with Crippen LogP contribution in [0.15, 0.2) is 24.3 Å². The van der Waals surface area contributed by atoms with E-state index in [2.05, 4.69) is 27.9 Å². The van der Waals surface area contributed by atoms with Crippen LogP contribution in [0, 0.1) is 19.3 Å². The van der Waals surface area contributed by atoms with Crippen molar-refractivity contribution in [2.75, 3.05) is 11.9 Å². The van der Waals surface area contributed by atoms with Gasteiger partial charge in [-0.15, -0.1) is 6.42 Å². The second-order valence-corrected chi connectivity index (χ2v) is 6.27. The van der Waals surface area contributed by atoms with E-state index < -0.39 is 5.60 Å². The van der Waals surface area contributed by atoms with E-state index in [1.807, 2.05) is 39.0 Å².